The fraction of sp³-hybridized carbons (Fsp3) is 0.308. The maximum Gasteiger partial charge on any atom is 0.125 e. The van der Waals surface area contributed by atoms with Gasteiger partial charge >= 0.3 is 0 Å². The maximum absolute atomic E-state index is 13.5. The summed E-state index contributed by atoms with van der Waals surface area (Å²) < 4.78 is 16.1. The average Bonchev–Trinajstić information content (AvgIpc) is 2.76. The molecule has 1 N–H and O–H groups in total. The third-order valence-corrected chi connectivity index (χ3v) is 2.92. The molecule has 1 heterocycles. The molecule has 0 atom stereocenters. The maximum atomic E-state index is 13.5. The van der Waals surface area contributed by atoms with Gasteiger partial charge in [-0.15, -0.1) is 0 Å². The molecule has 18 heavy (non-hydrogen) atoms. The number of aromatic nitrogens is 2. The van der Waals surface area contributed by atoms with Gasteiger partial charge in [-0.3, -0.25) is 0 Å². The summed E-state index contributed by atoms with van der Waals surface area (Å²) in [6.07, 6.45) is 4.55. The van der Waals surface area contributed by atoms with E-state index in [1.165, 1.54) is 6.07 Å². The minimum absolute atomic E-state index is 0.243. The smallest absolute Gasteiger partial charge is 0.125 e. The highest BCUT2D eigenvalue weighted by atomic mass is 79.9. The van der Waals surface area contributed by atoms with Crippen molar-refractivity contribution >= 4 is 15.9 Å². The fourth-order valence-electron chi connectivity index (χ4n) is 1.72. The van der Waals surface area contributed by atoms with Crippen LogP contribution in [0.3, 0.4) is 0 Å². The summed E-state index contributed by atoms with van der Waals surface area (Å²) in [5.74, 6) is -0.243. The summed E-state index contributed by atoms with van der Waals surface area (Å²) in [5, 5.41) is 7.40. The van der Waals surface area contributed by atoms with Crippen LogP contribution in [0, 0.1) is 5.82 Å². The molecule has 0 saturated heterocycles. The highest BCUT2D eigenvalue weighted by Crippen LogP contribution is 2.16. The lowest BCUT2D eigenvalue weighted by atomic mass is 10.2. The first kappa shape index (κ1) is 13.2. The second-order valence-electron chi connectivity index (χ2n) is 4.10. The molecule has 2 rings (SSSR count). The minimum atomic E-state index is -0.243. The Bertz CT molecular complexity index is 525. The predicted molar refractivity (Wildman–Crippen MR) is 73.2 cm³/mol. The van der Waals surface area contributed by atoms with Gasteiger partial charge in [0, 0.05) is 12.7 Å². The molecule has 96 valence electrons. The van der Waals surface area contributed by atoms with Gasteiger partial charge in [-0.2, -0.15) is 5.10 Å². The van der Waals surface area contributed by atoms with E-state index in [0.29, 0.717) is 6.54 Å². The van der Waals surface area contributed by atoms with E-state index in [1.807, 2.05) is 6.07 Å². The van der Waals surface area contributed by atoms with Gasteiger partial charge < -0.3 is 5.32 Å². The Hall–Kier alpha value is -1.20. The van der Waals surface area contributed by atoms with E-state index in [2.05, 4.69) is 33.3 Å². The molecule has 0 aliphatic carbocycles. The van der Waals surface area contributed by atoms with Gasteiger partial charge in [-0.25, -0.2) is 9.07 Å². The molecular formula is C13H15BrFN3. The van der Waals surface area contributed by atoms with E-state index in [0.717, 1.165) is 28.7 Å². The molecule has 0 aliphatic heterocycles. The third kappa shape index (κ3) is 3.40. The molecule has 0 spiro atoms. The van der Waals surface area contributed by atoms with Crippen LogP contribution in [0.15, 0.2) is 35.1 Å². The van der Waals surface area contributed by atoms with E-state index in [9.17, 15) is 4.39 Å². The zero-order valence-corrected chi connectivity index (χ0v) is 11.7. The molecule has 0 aliphatic rings. The van der Waals surface area contributed by atoms with Crippen LogP contribution in [0.1, 0.15) is 18.9 Å². The lowest BCUT2D eigenvalue weighted by Crippen LogP contribution is -2.14. The Morgan fingerprint density at radius 1 is 1.39 bits per heavy atom. The number of nitrogens with zero attached hydrogens (tertiary/aromatic N) is 2. The molecule has 1 aromatic heterocycles. The van der Waals surface area contributed by atoms with Crippen molar-refractivity contribution in [1.29, 1.82) is 0 Å². The molecule has 0 saturated carbocycles. The Kier molecular flexibility index (Phi) is 4.49. The topological polar surface area (TPSA) is 29.9 Å². The van der Waals surface area contributed by atoms with Crippen molar-refractivity contribution in [3.63, 3.8) is 0 Å². The molecule has 0 bridgehead atoms. The van der Waals surface area contributed by atoms with Gasteiger partial charge in [-0.1, -0.05) is 6.92 Å². The number of benzene rings is 1. The SMILES string of the molecule is CCCNCc1cc(F)cc(-n2cc(Br)cn2)c1. The number of halogens is 2. The van der Waals surface area contributed by atoms with Crippen molar-refractivity contribution in [2.75, 3.05) is 6.54 Å². The first-order chi connectivity index (χ1) is 8.69. The zero-order valence-electron chi connectivity index (χ0n) is 10.2. The first-order valence-electron chi connectivity index (χ1n) is 5.90. The fourth-order valence-corrected chi connectivity index (χ4v) is 2.00. The summed E-state index contributed by atoms with van der Waals surface area (Å²) in [6, 6.07) is 4.96. The first-order valence-corrected chi connectivity index (χ1v) is 6.69. The van der Waals surface area contributed by atoms with Crippen molar-refractivity contribution in [1.82, 2.24) is 15.1 Å². The van der Waals surface area contributed by atoms with E-state index < -0.39 is 0 Å². The molecule has 0 amide bonds. The van der Waals surface area contributed by atoms with Crippen LogP contribution in [-0.2, 0) is 6.54 Å². The average molecular weight is 312 g/mol. The molecule has 1 aromatic carbocycles. The van der Waals surface area contributed by atoms with Crippen LogP contribution in [0.25, 0.3) is 5.69 Å². The van der Waals surface area contributed by atoms with Gasteiger partial charge in [0.25, 0.3) is 0 Å². The predicted octanol–water partition coefficient (Wildman–Crippen LogP) is 3.27. The van der Waals surface area contributed by atoms with Gasteiger partial charge in [0.1, 0.15) is 5.82 Å². The molecular weight excluding hydrogens is 297 g/mol. The van der Waals surface area contributed by atoms with E-state index in [4.69, 9.17) is 0 Å². The minimum Gasteiger partial charge on any atom is -0.313 e. The summed E-state index contributed by atoms with van der Waals surface area (Å²) in [7, 11) is 0. The van der Waals surface area contributed by atoms with Crippen molar-refractivity contribution in [3.8, 4) is 5.69 Å². The molecule has 0 radical (unpaired) electrons. The van der Waals surface area contributed by atoms with Crippen LogP contribution in [0.5, 0.6) is 0 Å². The Morgan fingerprint density at radius 2 is 2.22 bits per heavy atom. The number of nitrogens with one attached hydrogen (secondary N) is 1. The normalized spacial score (nSPS) is 10.8. The number of hydrogen-bond donors (Lipinski definition) is 1. The van der Waals surface area contributed by atoms with Crippen LogP contribution < -0.4 is 5.32 Å². The largest absolute Gasteiger partial charge is 0.313 e. The molecule has 3 nitrogen and oxygen atoms in total. The summed E-state index contributed by atoms with van der Waals surface area (Å²) in [5.41, 5.74) is 1.65. The zero-order chi connectivity index (χ0) is 13.0. The molecule has 0 unspecified atom stereocenters. The lowest BCUT2D eigenvalue weighted by molar-refractivity contribution is 0.616. The van der Waals surface area contributed by atoms with Crippen molar-refractivity contribution in [3.05, 3.63) is 46.4 Å². The second-order valence-corrected chi connectivity index (χ2v) is 5.01. The molecule has 0 fully saturated rings. The Morgan fingerprint density at radius 3 is 2.89 bits per heavy atom. The second kappa shape index (κ2) is 6.11. The Labute approximate surface area is 114 Å². The quantitative estimate of drug-likeness (QED) is 0.859. The van der Waals surface area contributed by atoms with Crippen LogP contribution in [0.4, 0.5) is 4.39 Å². The van der Waals surface area contributed by atoms with Crippen LogP contribution >= 0.6 is 15.9 Å². The van der Waals surface area contributed by atoms with Gasteiger partial charge in [0.2, 0.25) is 0 Å². The standard InChI is InChI=1S/C13H15BrFN3/c1-2-3-16-7-10-4-12(15)6-13(5-10)18-9-11(14)8-17-18/h4-6,8-9,16H,2-3,7H2,1H3. The van der Waals surface area contributed by atoms with Crippen LogP contribution in [-0.4, -0.2) is 16.3 Å². The van der Waals surface area contributed by atoms with Crippen molar-refractivity contribution < 1.29 is 4.39 Å². The van der Waals surface area contributed by atoms with E-state index in [-0.39, 0.29) is 5.82 Å². The Balaban J connectivity index is 2.21. The number of rotatable bonds is 5. The number of hydrogen-bond acceptors (Lipinski definition) is 2. The van der Waals surface area contributed by atoms with Gasteiger partial charge in [0.15, 0.2) is 0 Å². The highest BCUT2D eigenvalue weighted by molar-refractivity contribution is 9.10. The monoisotopic (exact) mass is 311 g/mol. The van der Waals surface area contributed by atoms with Crippen molar-refractivity contribution in [2.45, 2.75) is 19.9 Å². The van der Waals surface area contributed by atoms with E-state index >= 15 is 0 Å². The molecule has 5 heteroatoms. The summed E-state index contributed by atoms with van der Waals surface area (Å²) in [4.78, 5) is 0. The van der Waals surface area contributed by atoms with E-state index in [1.54, 1.807) is 23.1 Å². The third-order valence-electron chi connectivity index (χ3n) is 2.51. The summed E-state index contributed by atoms with van der Waals surface area (Å²) in [6.45, 7) is 3.70. The van der Waals surface area contributed by atoms with Crippen molar-refractivity contribution in [2.24, 2.45) is 0 Å². The molecule has 2 aromatic rings. The van der Waals surface area contributed by atoms with Crippen LogP contribution in [0.2, 0.25) is 0 Å². The summed E-state index contributed by atoms with van der Waals surface area (Å²) >= 11 is 3.33. The van der Waals surface area contributed by atoms with Gasteiger partial charge in [0.05, 0.1) is 16.4 Å². The lowest BCUT2D eigenvalue weighted by Gasteiger charge is -2.07. The van der Waals surface area contributed by atoms with Gasteiger partial charge in [-0.05, 0) is 52.7 Å². The highest BCUT2D eigenvalue weighted by Gasteiger charge is 2.04.